The van der Waals surface area contributed by atoms with Crippen LogP contribution < -0.4 is 0 Å². The van der Waals surface area contributed by atoms with Gasteiger partial charge in [0.1, 0.15) is 0 Å². The summed E-state index contributed by atoms with van der Waals surface area (Å²) in [5.41, 5.74) is 1.10. The molecule has 0 unspecified atom stereocenters. The second kappa shape index (κ2) is 6.07. The van der Waals surface area contributed by atoms with E-state index in [1.165, 1.54) is 0 Å². The quantitative estimate of drug-likeness (QED) is 0.857. The monoisotopic (exact) mass is 308 g/mol. The van der Waals surface area contributed by atoms with E-state index >= 15 is 0 Å². The Hall–Kier alpha value is -0.910. The molecule has 0 saturated carbocycles. The fourth-order valence-electron chi connectivity index (χ4n) is 3.50. The second-order valence-corrected chi connectivity index (χ2v) is 7.45. The fourth-order valence-corrected chi connectivity index (χ4v) is 4.39. The molecule has 0 aliphatic carbocycles. The van der Waals surface area contributed by atoms with E-state index in [2.05, 4.69) is 19.0 Å². The summed E-state index contributed by atoms with van der Waals surface area (Å²) in [5.74, 6) is 1.32. The first-order valence-electron chi connectivity index (χ1n) is 7.66. The summed E-state index contributed by atoms with van der Waals surface area (Å²) in [4.78, 5) is 17.8. The molecule has 0 aromatic carbocycles. The Morgan fingerprint density at radius 2 is 2.33 bits per heavy atom. The fraction of sp³-hybridized carbons (Fsp3) is 0.688. The average Bonchev–Trinajstić information content (AvgIpc) is 3.04. The van der Waals surface area contributed by atoms with E-state index in [-0.39, 0.29) is 12.0 Å². The lowest BCUT2D eigenvalue weighted by atomic mass is 9.84. The molecular weight excluding hydrogens is 284 g/mol. The Bertz CT molecular complexity index is 514. The molecule has 2 aliphatic rings. The van der Waals surface area contributed by atoms with Gasteiger partial charge in [0.05, 0.1) is 17.6 Å². The summed E-state index contributed by atoms with van der Waals surface area (Å²) in [5, 5.41) is 2.00. The van der Waals surface area contributed by atoms with Gasteiger partial charge in [-0.1, -0.05) is 0 Å². The van der Waals surface area contributed by atoms with E-state index in [9.17, 15) is 4.79 Å². The number of nitrogens with zero attached hydrogens (tertiary/aromatic N) is 2. The molecule has 3 rings (SSSR count). The number of hydrogen-bond acceptors (Lipinski definition) is 4. The predicted octanol–water partition coefficient (Wildman–Crippen LogP) is 2.10. The van der Waals surface area contributed by atoms with Crippen molar-refractivity contribution in [3.63, 3.8) is 0 Å². The van der Waals surface area contributed by atoms with Crippen molar-refractivity contribution in [1.82, 2.24) is 9.80 Å². The molecule has 5 heteroatoms. The third-order valence-electron chi connectivity index (χ3n) is 4.70. The van der Waals surface area contributed by atoms with E-state index in [1.807, 2.05) is 23.3 Å². The highest BCUT2D eigenvalue weighted by Gasteiger charge is 2.42. The molecule has 4 nitrogen and oxygen atoms in total. The van der Waals surface area contributed by atoms with Gasteiger partial charge in [-0.15, -0.1) is 11.3 Å². The highest BCUT2D eigenvalue weighted by atomic mass is 32.1. The van der Waals surface area contributed by atoms with Crippen LogP contribution in [0.5, 0.6) is 0 Å². The van der Waals surface area contributed by atoms with Gasteiger partial charge in [0.25, 0.3) is 5.91 Å². The van der Waals surface area contributed by atoms with Crippen LogP contribution in [-0.2, 0) is 4.74 Å². The number of carbonyl (C=O) groups is 1. The summed E-state index contributed by atoms with van der Waals surface area (Å²) in [7, 11) is 4.16. The molecule has 0 bridgehead atoms. The van der Waals surface area contributed by atoms with Crippen molar-refractivity contribution < 1.29 is 9.53 Å². The molecule has 1 aromatic heterocycles. The third-order valence-corrected chi connectivity index (χ3v) is 5.70. The van der Waals surface area contributed by atoms with Crippen molar-refractivity contribution in [3.8, 4) is 0 Å². The summed E-state index contributed by atoms with van der Waals surface area (Å²) in [6.07, 6.45) is 1.34. The summed E-state index contributed by atoms with van der Waals surface area (Å²) in [6, 6.07) is 2.03. The van der Waals surface area contributed by atoms with Crippen LogP contribution in [0.15, 0.2) is 11.4 Å². The van der Waals surface area contributed by atoms with Gasteiger partial charge in [-0.2, -0.15) is 0 Å². The normalized spacial score (nSPS) is 29.0. The van der Waals surface area contributed by atoms with Crippen molar-refractivity contribution in [3.05, 3.63) is 21.9 Å². The van der Waals surface area contributed by atoms with Gasteiger partial charge in [0.2, 0.25) is 0 Å². The first kappa shape index (κ1) is 15.0. The first-order valence-corrected chi connectivity index (χ1v) is 8.54. The maximum absolute atomic E-state index is 12.7. The van der Waals surface area contributed by atoms with E-state index in [0.717, 1.165) is 43.1 Å². The summed E-state index contributed by atoms with van der Waals surface area (Å²) >= 11 is 1.56. The minimum Gasteiger partial charge on any atom is -0.376 e. The Morgan fingerprint density at radius 3 is 3.00 bits per heavy atom. The number of thiophene rings is 1. The van der Waals surface area contributed by atoms with Gasteiger partial charge in [-0.3, -0.25) is 4.79 Å². The highest BCUT2D eigenvalue weighted by molar-refractivity contribution is 7.12. The molecule has 0 radical (unpaired) electrons. The van der Waals surface area contributed by atoms with E-state index < -0.39 is 0 Å². The van der Waals surface area contributed by atoms with E-state index in [4.69, 9.17) is 4.74 Å². The second-order valence-electron chi connectivity index (χ2n) is 6.53. The molecule has 1 amide bonds. The molecule has 3 atom stereocenters. The van der Waals surface area contributed by atoms with Crippen molar-refractivity contribution in [2.45, 2.75) is 19.4 Å². The lowest BCUT2D eigenvalue weighted by Gasteiger charge is -2.36. The molecule has 0 N–H and O–H groups in total. The Labute approximate surface area is 130 Å². The largest absolute Gasteiger partial charge is 0.376 e. The SMILES string of the molecule is Cc1ccsc1C(=O)N1CC[C@@H]2CO[C@@H](CN(C)C)[C@@H]2C1. The maximum Gasteiger partial charge on any atom is 0.264 e. The molecule has 116 valence electrons. The molecule has 2 aliphatic heterocycles. The Morgan fingerprint density at radius 1 is 1.52 bits per heavy atom. The van der Waals surface area contributed by atoms with Crippen LogP contribution in [0, 0.1) is 18.8 Å². The van der Waals surface area contributed by atoms with Crippen molar-refractivity contribution in [2.75, 3.05) is 40.3 Å². The number of piperidine rings is 1. The van der Waals surface area contributed by atoms with Crippen molar-refractivity contribution in [2.24, 2.45) is 11.8 Å². The minimum atomic E-state index is 0.205. The molecule has 3 heterocycles. The van der Waals surface area contributed by atoms with Crippen LogP contribution in [0.2, 0.25) is 0 Å². The number of aryl methyl sites for hydroxylation is 1. The van der Waals surface area contributed by atoms with Crippen LogP contribution in [0.1, 0.15) is 21.7 Å². The standard InChI is InChI=1S/C16H24N2O2S/c1-11-5-7-21-15(11)16(19)18-6-4-12-10-20-14(9-17(2)3)13(12)8-18/h5,7,12-14H,4,6,8-10H2,1-3H3/t12-,13-,14+/m1/s1. The lowest BCUT2D eigenvalue weighted by molar-refractivity contribution is 0.0474. The van der Waals surface area contributed by atoms with Crippen LogP contribution in [0.3, 0.4) is 0 Å². The Kier molecular flexibility index (Phi) is 4.33. The maximum atomic E-state index is 12.7. The van der Waals surface area contributed by atoms with E-state index in [1.54, 1.807) is 11.3 Å². The number of likely N-dealkylation sites (N-methyl/N-ethyl adjacent to an activating group) is 1. The minimum absolute atomic E-state index is 0.205. The number of rotatable bonds is 3. The summed E-state index contributed by atoms with van der Waals surface area (Å²) < 4.78 is 5.98. The van der Waals surface area contributed by atoms with Gasteiger partial charge in [0, 0.05) is 25.6 Å². The molecule has 1 aromatic rings. The smallest absolute Gasteiger partial charge is 0.264 e. The van der Waals surface area contributed by atoms with Gasteiger partial charge in [0.15, 0.2) is 0 Å². The third kappa shape index (κ3) is 3.00. The van der Waals surface area contributed by atoms with Gasteiger partial charge < -0.3 is 14.5 Å². The summed E-state index contributed by atoms with van der Waals surface area (Å²) in [6.45, 7) is 5.54. The van der Waals surface area contributed by atoms with Crippen LogP contribution in [-0.4, -0.2) is 62.1 Å². The average molecular weight is 308 g/mol. The number of carbonyl (C=O) groups excluding carboxylic acids is 1. The number of ether oxygens (including phenoxy) is 1. The van der Waals surface area contributed by atoms with Gasteiger partial charge in [-0.25, -0.2) is 0 Å². The molecule has 2 saturated heterocycles. The lowest BCUT2D eigenvalue weighted by Crippen LogP contribution is -2.46. The Balaban J connectivity index is 1.70. The van der Waals surface area contributed by atoms with Crippen LogP contribution in [0.4, 0.5) is 0 Å². The first-order chi connectivity index (χ1) is 10.1. The number of likely N-dealkylation sites (tertiary alicyclic amines) is 1. The van der Waals surface area contributed by atoms with E-state index in [0.29, 0.717) is 11.8 Å². The molecule has 0 spiro atoms. The van der Waals surface area contributed by atoms with Crippen LogP contribution >= 0.6 is 11.3 Å². The van der Waals surface area contributed by atoms with Gasteiger partial charge >= 0.3 is 0 Å². The topological polar surface area (TPSA) is 32.8 Å². The predicted molar refractivity (Wildman–Crippen MR) is 84.9 cm³/mol. The number of fused-ring (bicyclic) bond motifs is 1. The zero-order chi connectivity index (χ0) is 15.0. The zero-order valence-electron chi connectivity index (χ0n) is 13.0. The number of hydrogen-bond donors (Lipinski definition) is 0. The van der Waals surface area contributed by atoms with Gasteiger partial charge in [-0.05, 0) is 50.4 Å². The molecule has 2 fully saturated rings. The zero-order valence-corrected chi connectivity index (χ0v) is 13.9. The van der Waals surface area contributed by atoms with Crippen molar-refractivity contribution >= 4 is 17.2 Å². The highest BCUT2D eigenvalue weighted by Crippen LogP contribution is 2.35. The van der Waals surface area contributed by atoms with Crippen LogP contribution in [0.25, 0.3) is 0 Å². The number of amides is 1. The molecule has 21 heavy (non-hydrogen) atoms. The van der Waals surface area contributed by atoms with Crippen molar-refractivity contribution in [1.29, 1.82) is 0 Å². The molecular formula is C16H24N2O2S.